The van der Waals surface area contributed by atoms with E-state index in [-0.39, 0.29) is 10.8 Å². The van der Waals surface area contributed by atoms with Gasteiger partial charge in [0.2, 0.25) is 5.89 Å². The average molecular weight is 531 g/mol. The van der Waals surface area contributed by atoms with E-state index in [0.717, 1.165) is 22.9 Å². The smallest absolute Gasteiger partial charge is 0.256 e. The second-order valence-corrected chi connectivity index (χ2v) is 11.3. The predicted molar refractivity (Wildman–Crippen MR) is 147 cm³/mol. The van der Waals surface area contributed by atoms with Gasteiger partial charge in [-0.25, -0.2) is 13.4 Å². The Morgan fingerprint density at radius 2 is 1.68 bits per heavy atom. The Hall–Kier alpha value is -3.94. The number of anilines is 1. The van der Waals surface area contributed by atoms with Crippen molar-refractivity contribution in [2.24, 2.45) is 0 Å². The van der Waals surface area contributed by atoms with Crippen molar-refractivity contribution in [3.05, 3.63) is 101 Å². The zero-order valence-electron chi connectivity index (χ0n) is 20.4. The lowest BCUT2D eigenvalue weighted by Crippen LogP contribution is -2.14. The summed E-state index contributed by atoms with van der Waals surface area (Å²) in [6, 6.07) is 22.7. The minimum atomic E-state index is -3.47. The quantitative estimate of drug-likeness (QED) is 0.262. The Balaban J connectivity index is 1.54. The van der Waals surface area contributed by atoms with E-state index in [0.29, 0.717) is 44.4 Å². The van der Waals surface area contributed by atoms with Gasteiger partial charge in [0.15, 0.2) is 15.4 Å². The van der Waals surface area contributed by atoms with E-state index in [4.69, 9.17) is 16.0 Å². The average Bonchev–Trinajstić information content (AvgIpc) is 3.30. The normalized spacial score (nSPS) is 11.6. The number of hydrogen-bond donors (Lipinski definition) is 1. The molecule has 4 aromatic carbocycles. The van der Waals surface area contributed by atoms with Crippen LogP contribution in [-0.2, 0) is 9.84 Å². The third kappa shape index (κ3) is 5.01. The molecule has 0 aliphatic carbocycles. The van der Waals surface area contributed by atoms with E-state index < -0.39 is 9.84 Å². The first kappa shape index (κ1) is 24.7. The zero-order valence-corrected chi connectivity index (χ0v) is 21.9. The van der Waals surface area contributed by atoms with Crippen LogP contribution in [0.3, 0.4) is 0 Å². The van der Waals surface area contributed by atoms with Gasteiger partial charge in [0.25, 0.3) is 5.91 Å². The molecule has 0 fully saturated rings. The molecule has 37 heavy (non-hydrogen) atoms. The zero-order chi connectivity index (χ0) is 26.3. The number of sulfone groups is 1. The van der Waals surface area contributed by atoms with Crippen molar-refractivity contribution in [3.8, 4) is 22.6 Å². The third-order valence-electron chi connectivity index (χ3n) is 6.23. The fourth-order valence-corrected chi connectivity index (χ4v) is 4.90. The fourth-order valence-electron chi connectivity index (χ4n) is 4.05. The maximum atomic E-state index is 13.5. The van der Waals surface area contributed by atoms with Crippen LogP contribution in [0.1, 0.15) is 21.5 Å². The van der Waals surface area contributed by atoms with Crippen molar-refractivity contribution in [2.45, 2.75) is 18.7 Å². The van der Waals surface area contributed by atoms with Crippen molar-refractivity contribution in [1.29, 1.82) is 0 Å². The second kappa shape index (κ2) is 9.50. The van der Waals surface area contributed by atoms with Crippen molar-refractivity contribution < 1.29 is 17.6 Å². The minimum absolute atomic E-state index is 0.141. The van der Waals surface area contributed by atoms with Crippen LogP contribution in [0, 0.1) is 13.8 Å². The molecule has 6 nitrogen and oxygen atoms in total. The molecule has 0 aliphatic heterocycles. The van der Waals surface area contributed by atoms with Crippen molar-refractivity contribution >= 4 is 44.1 Å². The number of aromatic nitrogens is 1. The lowest BCUT2D eigenvalue weighted by molar-refractivity contribution is 0.102. The number of fused-ring (bicyclic) bond motifs is 1. The molecule has 0 spiro atoms. The highest BCUT2D eigenvalue weighted by atomic mass is 35.5. The Morgan fingerprint density at radius 1 is 0.892 bits per heavy atom. The Bertz CT molecular complexity index is 1760. The van der Waals surface area contributed by atoms with Crippen LogP contribution < -0.4 is 5.32 Å². The Kier molecular flexibility index (Phi) is 6.35. The minimum Gasteiger partial charge on any atom is -0.436 e. The molecule has 1 aromatic heterocycles. The summed E-state index contributed by atoms with van der Waals surface area (Å²) in [6.07, 6.45) is 1.15. The molecule has 0 aliphatic rings. The first-order valence-corrected chi connectivity index (χ1v) is 13.8. The number of carbonyl (C=O) groups excluding carboxylic acids is 1. The molecular formula is C29H23ClN2O4S. The first-order chi connectivity index (χ1) is 17.6. The second-order valence-electron chi connectivity index (χ2n) is 8.91. The predicted octanol–water partition coefficient (Wildman–Crippen LogP) is 7.09. The van der Waals surface area contributed by atoms with Crippen LogP contribution in [-0.4, -0.2) is 25.6 Å². The van der Waals surface area contributed by atoms with Gasteiger partial charge < -0.3 is 9.73 Å². The summed E-state index contributed by atoms with van der Waals surface area (Å²) in [5.41, 5.74) is 6.12. The SMILES string of the molecule is Cc1ccc(-c2cc(S(C)(=O)=O)ccc2C(=O)Nc2ccc(Cl)c(-c3nc4ccccc4o3)c2)cc1C. The van der Waals surface area contributed by atoms with Crippen LogP contribution in [0.5, 0.6) is 0 Å². The molecule has 186 valence electrons. The standard InChI is InChI=1S/C29H23ClN2O4S/c1-17-8-9-19(14-18(17)2)23-16-21(37(3,34)35)11-12-22(23)28(33)31-20-10-13-25(30)24(15-20)29-32-26-6-4-5-7-27(26)36-29/h4-16H,1-3H3,(H,31,33). The maximum absolute atomic E-state index is 13.5. The molecule has 5 aromatic rings. The molecule has 1 heterocycles. The van der Waals surface area contributed by atoms with Crippen molar-refractivity contribution in [1.82, 2.24) is 4.98 Å². The first-order valence-electron chi connectivity index (χ1n) is 11.5. The topological polar surface area (TPSA) is 89.3 Å². The monoisotopic (exact) mass is 530 g/mol. The molecule has 0 radical (unpaired) electrons. The lowest BCUT2D eigenvalue weighted by Gasteiger charge is -2.14. The molecule has 1 N–H and O–H groups in total. The highest BCUT2D eigenvalue weighted by molar-refractivity contribution is 7.90. The van der Waals surface area contributed by atoms with Crippen LogP contribution in [0.2, 0.25) is 5.02 Å². The van der Waals surface area contributed by atoms with Gasteiger partial charge in [-0.05, 0) is 84.6 Å². The fraction of sp³-hybridized carbons (Fsp3) is 0.103. The number of para-hydroxylation sites is 2. The Morgan fingerprint density at radius 3 is 2.41 bits per heavy atom. The van der Waals surface area contributed by atoms with Crippen LogP contribution >= 0.6 is 11.6 Å². The molecule has 0 bridgehead atoms. The molecule has 1 amide bonds. The van der Waals surface area contributed by atoms with E-state index in [1.807, 2.05) is 56.3 Å². The molecule has 0 saturated carbocycles. The summed E-state index contributed by atoms with van der Waals surface area (Å²) in [4.78, 5) is 18.1. The number of amides is 1. The van der Waals surface area contributed by atoms with E-state index in [1.54, 1.807) is 24.3 Å². The summed E-state index contributed by atoms with van der Waals surface area (Å²) in [5, 5.41) is 3.34. The largest absolute Gasteiger partial charge is 0.436 e. The summed E-state index contributed by atoms with van der Waals surface area (Å²) < 4.78 is 30.4. The molecule has 8 heteroatoms. The number of carbonyl (C=O) groups is 1. The van der Waals surface area contributed by atoms with Gasteiger partial charge in [0.1, 0.15) is 5.52 Å². The Labute approximate surface area is 219 Å². The van der Waals surface area contributed by atoms with Gasteiger partial charge >= 0.3 is 0 Å². The molecular weight excluding hydrogens is 508 g/mol. The van der Waals surface area contributed by atoms with E-state index >= 15 is 0 Å². The number of nitrogens with one attached hydrogen (secondary N) is 1. The summed E-state index contributed by atoms with van der Waals surface area (Å²) in [6.45, 7) is 3.97. The number of halogens is 1. The third-order valence-corrected chi connectivity index (χ3v) is 7.67. The number of aryl methyl sites for hydroxylation is 2. The highest BCUT2D eigenvalue weighted by Crippen LogP contribution is 2.33. The lowest BCUT2D eigenvalue weighted by atomic mass is 9.96. The summed E-state index contributed by atoms with van der Waals surface area (Å²) >= 11 is 6.44. The van der Waals surface area contributed by atoms with E-state index in [9.17, 15) is 13.2 Å². The van der Waals surface area contributed by atoms with E-state index in [1.165, 1.54) is 12.1 Å². The van der Waals surface area contributed by atoms with Crippen LogP contribution in [0.15, 0.2) is 88.2 Å². The van der Waals surface area contributed by atoms with Gasteiger partial charge in [0.05, 0.1) is 15.5 Å². The van der Waals surface area contributed by atoms with Gasteiger partial charge in [-0.15, -0.1) is 0 Å². The molecule has 0 unspecified atom stereocenters. The number of benzene rings is 4. The molecule has 0 saturated heterocycles. The van der Waals surface area contributed by atoms with Gasteiger partial charge in [-0.2, -0.15) is 0 Å². The highest BCUT2D eigenvalue weighted by Gasteiger charge is 2.19. The number of nitrogens with zero attached hydrogens (tertiary/aromatic N) is 1. The number of rotatable bonds is 5. The number of hydrogen-bond acceptors (Lipinski definition) is 5. The van der Waals surface area contributed by atoms with Crippen LogP contribution in [0.25, 0.3) is 33.7 Å². The van der Waals surface area contributed by atoms with Crippen molar-refractivity contribution in [3.63, 3.8) is 0 Å². The summed E-state index contributed by atoms with van der Waals surface area (Å²) in [7, 11) is -3.47. The van der Waals surface area contributed by atoms with Crippen molar-refractivity contribution in [2.75, 3.05) is 11.6 Å². The molecule has 5 rings (SSSR count). The number of oxazole rings is 1. The maximum Gasteiger partial charge on any atom is 0.256 e. The van der Waals surface area contributed by atoms with Crippen LogP contribution in [0.4, 0.5) is 5.69 Å². The van der Waals surface area contributed by atoms with Gasteiger partial charge in [-0.3, -0.25) is 4.79 Å². The molecule has 0 atom stereocenters. The van der Waals surface area contributed by atoms with Gasteiger partial charge in [-0.1, -0.05) is 41.9 Å². The summed E-state index contributed by atoms with van der Waals surface area (Å²) in [5.74, 6) is -0.0465. The van der Waals surface area contributed by atoms with E-state index in [2.05, 4.69) is 10.3 Å². The van der Waals surface area contributed by atoms with Gasteiger partial charge in [0, 0.05) is 17.5 Å².